The fourth-order valence-electron chi connectivity index (χ4n) is 2.90. The van der Waals surface area contributed by atoms with E-state index in [9.17, 15) is 9.90 Å². The van der Waals surface area contributed by atoms with Gasteiger partial charge in [-0.1, -0.05) is 6.07 Å². The zero-order chi connectivity index (χ0) is 14.2. The predicted molar refractivity (Wildman–Crippen MR) is 76.2 cm³/mol. The Balaban J connectivity index is 1.87. The lowest BCUT2D eigenvalue weighted by Gasteiger charge is -2.37. The van der Waals surface area contributed by atoms with Crippen LogP contribution in [-0.2, 0) is 0 Å². The van der Waals surface area contributed by atoms with E-state index < -0.39 is 5.60 Å². The van der Waals surface area contributed by atoms with Crippen molar-refractivity contribution in [2.75, 3.05) is 31.6 Å². The van der Waals surface area contributed by atoms with Crippen LogP contribution in [0.3, 0.4) is 0 Å². The number of nitrogens with zero attached hydrogens (tertiary/aromatic N) is 1. The molecule has 0 radical (unpaired) electrons. The van der Waals surface area contributed by atoms with Crippen molar-refractivity contribution < 1.29 is 14.6 Å². The van der Waals surface area contributed by atoms with Crippen molar-refractivity contribution in [1.82, 2.24) is 4.90 Å². The Bertz CT molecular complexity index is 528. The highest BCUT2D eigenvalue weighted by molar-refractivity contribution is 5.99. The number of rotatable bonds is 1. The molecule has 1 fully saturated rings. The van der Waals surface area contributed by atoms with Crippen molar-refractivity contribution in [2.24, 2.45) is 0 Å². The molecule has 3 rings (SSSR count). The molecule has 20 heavy (non-hydrogen) atoms. The van der Waals surface area contributed by atoms with Gasteiger partial charge in [-0.05, 0) is 31.9 Å². The normalized spacial score (nSPS) is 25.4. The fourth-order valence-corrected chi connectivity index (χ4v) is 2.90. The standard InChI is InChI=1S/C15H20N2O3/c1-15(19)6-3-8-17(10-15)14(18)11-4-2-5-12-13(11)20-9-7-16-12/h2,4-5,16,19H,3,6-10H2,1H3. The first kappa shape index (κ1) is 13.2. The molecule has 2 heterocycles. The molecular formula is C15H20N2O3. The lowest BCUT2D eigenvalue weighted by atomic mass is 9.94. The topological polar surface area (TPSA) is 61.8 Å². The van der Waals surface area contributed by atoms with Crippen LogP contribution in [0.15, 0.2) is 18.2 Å². The van der Waals surface area contributed by atoms with Crippen LogP contribution in [0.25, 0.3) is 0 Å². The Kier molecular flexibility index (Phi) is 3.30. The van der Waals surface area contributed by atoms with Crippen LogP contribution in [0, 0.1) is 0 Å². The molecule has 108 valence electrons. The minimum Gasteiger partial charge on any atom is -0.489 e. The van der Waals surface area contributed by atoms with E-state index in [1.54, 1.807) is 17.9 Å². The lowest BCUT2D eigenvalue weighted by Crippen LogP contribution is -2.48. The molecule has 2 aliphatic heterocycles. The summed E-state index contributed by atoms with van der Waals surface area (Å²) in [6.45, 7) is 4.16. The second kappa shape index (κ2) is 4.98. The largest absolute Gasteiger partial charge is 0.489 e. The molecule has 1 aromatic carbocycles. The molecule has 0 saturated carbocycles. The Morgan fingerprint density at radius 3 is 3.15 bits per heavy atom. The highest BCUT2D eigenvalue weighted by Gasteiger charge is 2.32. The van der Waals surface area contributed by atoms with Gasteiger partial charge in [0.1, 0.15) is 6.61 Å². The molecule has 1 aromatic rings. The maximum Gasteiger partial charge on any atom is 0.257 e. The van der Waals surface area contributed by atoms with Crippen molar-refractivity contribution in [3.05, 3.63) is 23.8 Å². The van der Waals surface area contributed by atoms with Gasteiger partial charge in [-0.15, -0.1) is 0 Å². The van der Waals surface area contributed by atoms with Crippen LogP contribution >= 0.6 is 0 Å². The van der Waals surface area contributed by atoms with Crippen LogP contribution in [0.4, 0.5) is 5.69 Å². The zero-order valence-electron chi connectivity index (χ0n) is 11.7. The molecule has 1 unspecified atom stereocenters. The average molecular weight is 276 g/mol. The van der Waals surface area contributed by atoms with Crippen molar-refractivity contribution in [3.63, 3.8) is 0 Å². The summed E-state index contributed by atoms with van der Waals surface area (Å²) >= 11 is 0. The quantitative estimate of drug-likeness (QED) is 0.815. The Morgan fingerprint density at radius 1 is 1.50 bits per heavy atom. The number of carbonyl (C=O) groups excluding carboxylic acids is 1. The number of anilines is 1. The number of nitrogens with one attached hydrogen (secondary N) is 1. The number of para-hydroxylation sites is 1. The number of benzene rings is 1. The summed E-state index contributed by atoms with van der Waals surface area (Å²) in [6, 6.07) is 5.56. The number of piperidine rings is 1. The zero-order valence-corrected chi connectivity index (χ0v) is 11.7. The molecule has 0 aromatic heterocycles. The summed E-state index contributed by atoms with van der Waals surface area (Å²) in [5.74, 6) is 0.569. The van der Waals surface area contributed by atoms with Gasteiger partial charge in [0.05, 0.1) is 16.9 Å². The summed E-state index contributed by atoms with van der Waals surface area (Å²) in [5, 5.41) is 13.4. The highest BCUT2D eigenvalue weighted by Crippen LogP contribution is 2.33. The molecule has 0 bridgehead atoms. The first-order chi connectivity index (χ1) is 9.57. The van der Waals surface area contributed by atoms with E-state index in [0.717, 1.165) is 25.1 Å². The predicted octanol–water partition coefficient (Wildman–Crippen LogP) is 1.48. The van der Waals surface area contributed by atoms with Gasteiger partial charge in [-0.3, -0.25) is 4.79 Å². The molecule has 0 aliphatic carbocycles. The van der Waals surface area contributed by atoms with Gasteiger partial charge in [0.15, 0.2) is 5.75 Å². The maximum absolute atomic E-state index is 12.7. The third-order valence-corrected chi connectivity index (χ3v) is 3.87. The van der Waals surface area contributed by atoms with E-state index >= 15 is 0 Å². The highest BCUT2D eigenvalue weighted by atomic mass is 16.5. The molecule has 1 saturated heterocycles. The SMILES string of the molecule is CC1(O)CCCN(C(=O)c2cccc3c2OCCN3)C1. The van der Waals surface area contributed by atoms with Crippen molar-refractivity contribution in [2.45, 2.75) is 25.4 Å². The number of carbonyl (C=O) groups is 1. The first-order valence-electron chi connectivity index (χ1n) is 7.08. The number of amides is 1. The van der Waals surface area contributed by atoms with E-state index in [0.29, 0.717) is 31.0 Å². The second-order valence-corrected chi connectivity index (χ2v) is 5.78. The maximum atomic E-state index is 12.7. The van der Waals surface area contributed by atoms with E-state index in [1.807, 2.05) is 12.1 Å². The molecule has 5 nitrogen and oxygen atoms in total. The second-order valence-electron chi connectivity index (χ2n) is 5.78. The van der Waals surface area contributed by atoms with Crippen LogP contribution in [0.5, 0.6) is 5.75 Å². The van der Waals surface area contributed by atoms with Gasteiger partial charge in [0.25, 0.3) is 5.91 Å². The Hall–Kier alpha value is -1.75. The van der Waals surface area contributed by atoms with E-state index in [2.05, 4.69) is 5.32 Å². The number of β-amino-alcohol motifs (C(OH)–C–C–N with tert-alkyl or cyclic N) is 1. The van der Waals surface area contributed by atoms with Crippen molar-refractivity contribution in [1.29, 1.82) is 0 Å². The van der Waals surface area contributed by atoms with Crippen LogP contribution < -0.4 is 10.1 Å². The Morgan fingerprint density at radius 2 is 2.35 bits per heavy atom. The van der Waals surface area contributed by atoms with Crippen LogP contribution in [0.1, 0.15) is 30.1 Å². The number of ether oxygens (including phenoxy) is 1. The van der Waals surface area contributed by atoms with Gasteiger partial charge in [-0.2, -0.15) is 0 Å². The molecule has 5 heteroatoms. The summed E-state index contributed by atoms with van der Waals surface area (Å²) in [7, 11) is 0. The van der Waals surface area contributed by atoms with Gasteiger partial charge in [0, 0.05) is 19.6 Å². The molecular weight excluding hydrogens is 256 g/mol. The monoisotopic (exact) mass is 276 g/mol. The van der Waals surface area contributed by atoms with Gasteiger partial charge in [-0.25, -0.2) is 0 Å². The molecule has 1 amide bonds. The molecule has 2 N–H and O–H groups in total. The van der Waals surface area contributed by atoms with Crippen LogP contribution in [0.2, 0.25) is 0 Å². The third kappa shape index (κ3) is 2.45. The van der Waals surface area contributed by atoms with E-state index in [4.69, 9.17) is 4.74 Å². The average Bonchev–Trinajstić information content (AvgIpc) is 2.45. The van der Waals surface area contributed by atoms with Gasteiger partial charge >= 0.3 is 0 Å². The fraction of sp³-hybridized carbons (Fsp3) is 0.533. The number of likely N-dealkylation sites (tertiary alicyclic amines) is 1. The molecule has 0 spiro atoms. The minimum atomic E-state index is -0.790. The smallest absolute Gasteiger partial charge is 0.257 e. The minimum absolute atomic E-state index is 0.0643. The summed E-state index contributed by atoms with van der Waals surface area (Å²) in [5.41, 5.74) is 0.653. The van der Waals surface area contributed by atoms with Crippen molar-refractivity contribution in [3.8, 4) is 5.75 Å². The molecule has 2 aliphatic rings. The molecule has 1 atom stereocenters. The number of fused-ring (bicyclic) bond motifs is 1. The van der Waals surface area contributed by atoms with E-state index in [-0.39, 0.29) is 5.91 Å². The van der Waals surface area contributed by atoms with Gasteiger partial charge in [0.2, 0.25) is 0 Å². The van der Waals surface area contributed by atoms with Crippen molar-refractivity contribution >= 4 is 11.6 Å². The van der Waals surface area contributed by atoms with Crippen LogP contribution in [-0.4, -0.2) is 47.8 Å². The third-order valence-electron chi connectivity index (χ3n) is 3.87. The first-order valence-corrected chi connectivity index (χ1v) is 7.08. The lowest BCUT2D eigenvalue weighted by molar-refractivity contribution is -0.0108. The summed E-state index contributed by atoms with van der Waals surface area (Å²) in [4.78, 5) is 14.4. The van der Waals surface area contributed by atoms with E-state index in [1.165, 1.54) is 0 Å². The number of aliphatic hydroxyl groups is 1. The number of hydrogen-bond acceptors (Lipinski definition) is 4. The summed E-state index contributed by atoms with van der Waals surface area (Å²) in [6.07, 6.45) is 1.56. The summed E-state index contributed by atoms with van der Waals surface area (Å²) < 4.78 is 5.65. The van der Waals surface area contributed by atoms with Gasteiger partial charge < -0.3 is 20.1 Å². The number of hydrogen-bond donors (Lipinski definition) is 2. The Labute approximate surface area is 118 Å².